The molecular formula is C62H62N2O2S. The second kappa shape index (κ2) is 19.8. The lowest BCUT2D eigenvalue weighted by molar-refractivity contribution is -0.132. The van der Waals surface area contributed by atoms with Crippen molar-refractivity contribution >= 4 is 40.4 Å². The van der Waals surface area contributed by atoms with Crippen molar-refractivity contribution in [1.29, 1.82) is 5.26 Å². The summed E-state index contributed by atoms with van der Waals surface area (Å²) in [6, 6.07) is 56.1. The molecule has 6 aromatic carbocycles. The van der Waals surface area contributed by atoms with E-state index in [2.05, 4.69) is 154 Å². The Kier molecular flexibility index (Phi) is 13.5. The Morgan fingerprint density at radius 1 is 0.537 bits per heavy atom. The van der Waals surface area contributed by atoms with Crippen LogP contribution in [0.5, 0.6) is 0 Å². The first-order valence-electron chi connectivity index (χ1n) is 24.7. The number of thiophene rings is 1. The highest BCUT2D eigenvalue weighted by atomic mass is 32.1. The number of carbonyl (C=O) groups is 1. The van der Waals surface area contributed by atoms with Gasteiger partial charge in [0.2, 0.25) is 0 Å². The molecule has 1 aromatic heterocycles. The number of unbranched alkanes of at least 4 members (excludes halogenated alkanes) is 4. The number of nitrogens with zero attached hydrogens (tertiary/aromatic N) is 2. The maximum atomic E-state index is 11.4. The Bertz CT molecular complexity index is 2830. The fourth-order valence-electron chi connectivity index (χ4n) is 11.3. The predicted octanol–water partition coefficient (Wildman–Crippen LogP) is 17.8. The van der Waals surface area contributed by atoms with E-state index in [9.17, 15) is 15.2 Å². The van der Waals surface area contributed by atoms with E-state index in [-0.39, 0.29) is 16.4 Å². The number of fused-ring (bicyclic) bond motifs is 6. The molecule has 0 fully saturated rings. The predicted molar refractivity (Wildman–Crippen MR) is 282 cm³/mol. The van der Waals surface area contributed by atoms with Crippen LogP contribution >= 0.6 is 11.3 Å². The minimum atomic E-state index is -1.22. The largest absolute Gasteiger partial charge is 0.477 e. The van der Waals surface area contributed by atoms with Gasteiger partial charge in [-0.3, -0.25) is 0 Å². The smallest absolute Gasteiger partial charge is 0.346 e. The van der Waals surface area contributed by atoms with E-state index in [0.717, 1.165) is 47.4 Å². The SMILES string of the molecule is CCCCC1(CCCC)c2ccccc2-c2ccc(N(c3ccc(-c4ccc(-c5ccc(/C=C(\C#N)C(=O)O)cc5)s4)cc3)c3ccc4c(c3)C(CCCC)(CCCC)c3ccccc3-4)cc21. The molecule has 9 rings (SSSR count). The minimum Gasteiger partial charge on any atom is -0.477 e. The number of nitriles is 1. The van der Waals surface area contributed by atoms with Gasteiger partial charge in [0.05, 0.1) is 0 Å². The fourth-order valence-corrected chi connectivity index (χ4v) is 12.3. The van der Waals surface area contributed by atoms with Crippen LogP contribution < -0.4 is 4.90 Å². The van der Waals surface area contributed by atoms with Crippen LogP contribution in [0.15, 0.2) is 151 Å². The molecule has 1 heterocycles. The first kappa shape index (κ1) is 45.7. The molecule has 0 aliphatic heterocycles. The summed E-state index contributed by atoms with van der Waals surface area (Å²) in [5, 5.41) is 18.6. The van der Waals surface area contributed by atoms with Gasteiger partial charge in [0.1, 0.15) is 11.6 Å². The molecule has 0 saturated heterocycles. The normalized spacial score (nSPS) is 13.9. The zero-order valence-electron chi connectivity index (χ0n) is 39.6. The van der Waals surface area contributed by atoms with Gasteiger partial charge in [-0.2, -0.15) is 5.26 Å². The maximum absolute atomic E-state index is 11.4. The molecule has 4 nitrogen and oxygen atoms in total. The monoisotopic (exact) mass is 898 g/mol. The summed E-state index contributed by atoms with van der Waals surface area (Å²) in [5.41, 5.74) is 17.6. The van der Waals surface area contributed by atoms with Gasteiger partial charge in [0.25, 0.3) is 0 Å². The van der Waals surface area contributed by atoms with E-state index in [0.29, 0.717) is 5.56 Å². The van der Waals surface area contributed by atoms with Crippen molar-refractivity contribution in [1.82, 2.24) is 0 Å². The van der Waals surface area contributed by atoms with E-state index in [4.69, 9.17) is 0 Å². The van der Waals surface area contributed by atoms with Crippen molar-refractivity contribution < 1.29 is 9.90 Å². The van der Waals surface area contributed by atoms with Gasteiger partial charge in [-0.25, -0.2) is 4.79 Å². The average molecular weight is 899 g/mol. The van der Waals surface area contributed by atoms with Gasteiger partial charge in [0, 0.05) is 37.6 Å². The molecule has 0 unspecified atom stereocenters. The van der Waals surface area contributed by atoms with Crippen molar-refractivity contribution in [3.05, 3.63) is 179 Å². The van der Waals surface area contributed by atoms with Crippen LogP contribution in [0.3, 0.4) is 0 Å². The van der Waals surface area contributed by atoms with Gasteiger partial charge in [-0.15, -0.1) is 11.3 Å². The van der Waals surface area contributed by atoms with Crippen LogP contribution in [0.25, 0.3) is 49.2 Å². The number of carboxylic acid groups (broad SMARTS) is 1. The zero-order valence-corrected chi connectivity index (χ0v) is 40.4. The summed E-state index contributed by atoms with van der Waals surface area (Å²) < 4.78 is 0. The number of hydrogen-bond acceptors (Lipinski definition) is 4. The number of carboxylic acids is 1. The van der Waals surface area contributed by atoms with E-state index in [1.54, 1.807) is 17.4 Å². The van der Waals surface area contributed by atoms with E-state index in [1.807, 2.05) is 24.3 Å². The van der Waals surface area contributed by atoms with Crippen molar-refractivity contribution in [2.75, 3.05) is 4.90 Å². The molecule has 0 radical (unpaired) electrons. The molecule has 0 bridgehead atoms. The van der Waals surface area contributed by atoms with Crippen molar-refractivity contribution in [3.63, 3.8) is 0 Å². The Morgan fingerprint density at radius 3 is 1.36 bits per heavy atom. The molecule has 1 N–H and O–H groups in total. The number of anilines is 3. The third-order valence-electron chi connectivity index (χ3n) is 14.7. The summed E-state index contributed by atoms with van der Waals surface area (Å²) in [5.74, 6) is -1.22. The van der Waals surface area contributed by atoms with E-state index < -0.39 is 5.97 Å². The van der Waals surface area contributed by atoms with Gasteiger partial charge in [-0.1, -0.05) is 176 Å². The molecule has 5 heteroatoms. The molecule has 0 atom stereocenters. The van der Waals surface area contributed by atoms with Crippen LogP contribution in [0, 0.1) is 11.3 Å². The van der Waals surface area contributed by atoms with Gasteiger partial charge < -0.3 is 10.0 Å². The zero-order chi connectivity index (χ0) is 46.5. The molecule has 338 valence electrons. The highest BCUT2D eigenvalue weighted by Crippen LogP contribution is 2.58. The molecule has 0 amide bonds. The highest BCUT2D eigenvalue weighted by molar-refractivity contribution is 7.18. The van der Waals surface area contributed by atoms with Crippen LogP contribution in [0.4, 0.5) is 17.1 Å². The van der Waals surface area contributed by atoms with E-state index in [1.165, 1.54) is 118 Å². The fraction of sp³-hybridized carbons (Fsp3) is 0.290. The summed E-state index contributed by atoms with van der Waals surface area (Å²) in [6.45, 7) is 9.32. The Hall–Kier alpha value is -6.48. The van der Waals surface area contributed by atoms with Gasteiger partial charge in [-0.05, 0) is 141 Å². The van der Waals surface area contributed by atoms with E-state index >= 15 is 0 Å². The van der Waals surface area contributed by atoms with Gasteiger partial charge >= 0.3 is 5.97 Å². The van der Waals surface area contributed by atoms with Crippen molar-refractivity contribution in [3.8, 4) is 49.2 Å². The Labute approximate surface area is 402 Å². The molecule has 0 saturated carbocycles. The molecule has 2 aliphatic carbocycles. The average Bonchev–Trinajstić information content (AvgIpc) is 4.04. The summed E-state index contributed by atoms with van der Waals surface area (Å²) in [4.78, 5) is 16.2. The summed E-state index contributed by atoms with van der Waals surface area (Å²) >= 11 is 1.74. The van der Waals surface area contributed by atoms with Crippen molar-refractivity contribution in [2.24, 2.45) is 0 Å². The highest BCUT2D eigenvalue weighted by Gasteiger charge is 2.44. The Morgan fingerprint density at radius 2 is 0.940 bits per heavy atom. The number of benzene rings is 6. The Balaban J connectivity index is 1.16. The maximum Gasteiger partial charge on any atom is 0.346 e. The molecule has 0 spiro atoms. The molecule has 67 heavy (non-hydrogen) atoms. The van der Waals surface area contributed by atoms with Crippen molar-refractivity contribution in [2.45, 2.75) is 116 Å². The lowest BCUT2D eigenvalue weighted by Crippen LogP contribution is -2.26. The number of rotatable bonds is 19. The molecule has 2 aliphatic rings. The second-order valence-electron chi connectivity index (χ2n) is 18.8. The topological polar surface area (TPSA) is 64.3 Å². The lowest BCUT2D eigenvalue weighted by atomic mass is 9.70. The number of aliphatic carboxylic acids is 1. The number of hydrogen-bond donors (Lipinski definition) is 1. The second-order valence-corrected chi connectivity index (χ2v) is 19.9. The van der Waals surface area contributed by atoms with Crippen LogP contribution in [0.2, 0.25) is 0 Å². The van der Waals surface area contributed by atoms with Crippen LogP contribution in [-0.2, 0) is 15.6 Å². The summed E-state index contributed by atoms with van der Waals surface area (Å²) in [7, 11) is 0. The minimum absolute atomic E-state index is 0.0233. The summed E-state index contributed by atoms with van der Waals surface area (Å²) in [6.07, 6.45) is 15.5. The lowest BCUT2D eigenvalue weighted by Gasteiger charge is -2.35. The van der Waals surface area contributed by atoms with Gasteiger partial charge in [0.15, 0.2) is 0 Å². The standard InChI is InChI=1S/C62H62N2O2S/c1-5-9-35-61(36-10-6-2)54-19-15-13-17-50(54)52-31-29-48(40-56(52)61)64(49-30-32-53-51-18-14-16-20-55(51)62(37-11-7-3,38-12-8-4)57(53)41-49)47-27-25-45(26-28-47)59-34-33-58(67-59)44-23-21-43(22-24-44)39-46(42-63)60(65)66/h13-34,39-41H,5-12,35-38H2,1-4H3,(H,65,66)/b46-39+. The first-order chi connectivity index (χ1) is 32.8. The molecule has 7 aromatic rings. The third kappa shape index (κ3) is 8.47. The first-order valence-corrected chi connectivity index (χ1v) is 25.6. The molecular weight excluding hydrogens is 837 g/mol. The van der Waals surface area contributed by atoms with Crippen LogP contribution in [0.1, 0.15) is 133 Å². The van der Waals surface area contributed by atoms with Crippen LogP contribution in [-0.4, -0.2) is 11.1 Å². The quantitative estimate of drug-likeness (QED) is 0.0649. The third-order valence-corrected chi connectivity index (χ3v) is 15.9.